The molecule has 0 bridgehead atoms. The molecule has 2 aromatic rings. The molecule has 0 atom stereocenters. The van der Waals surface area contributed by atoms with E-state index < -0.39 is 4.92 Å². The summed E-state index contributed by atoms with van der Waals surface area (Å²) >= 11 is 0. The van der Waals surface area contributed by atoms with Crippen LogP contribution in [-0.4, -0.2) is 25.1 Å². The average Bonchev–Trinajstić information content (AvgIpc) is 2.60. The second-order valence-electron chi connectivity index (χ2n) is 5.49. The number of amides is 1. The molecule has 0 aliphatic rings. The number of benzene rings is 2. The molecule has 1 amide bonds. The lowest BCUT2D eigenvalue weighted by Crippen LogP contribution is -2.13. The van der Waals surface area contributed by atoms with Gasteiger partial charge in [0.15, 0.2) is 0 Å². The molecule has 7 nitrogen and oxygen atoms in total. The topological polar surface area (TPSA) is 90.7 Å². The summed E-state index contributed by atoms with van der Waals surface area (Å²) in [4.78, 5) is 22.5. The van der Waals surface area contributed by atoms with Crippen molar-refractivity contribution in [3.63, 3.8) is 0 Å². The molecule has 0 saturated carbocycles. The van der Waals surface area contributed by atoms with Crippen molar-refractivity contribution in [2.45, 2.75) is 19.8 Å². The first-order valence-corrected chi connectivity index (χ1v) is 7.70. The maximum absolute atomic E-state index is 12.2. The van der Waals surface area contributed by atoms with Crippen molar-refractivity contribution >= 4 is 17.3 Å². The van der Waals surface area contributed by atoms with E-state index in [0.29, 0.717) is 12.2 Å². The number of nitro benzene ring substituents is 1. The number of nitro groups is 1. The number of anilines is 1. The second-order valence-corrected chi connectivity index (χ2v) is 5.49. The Kier molecular flexibility index (Phi) is 5.94. The molecule has 0 spiro atoms. The molecule has 0 aliphatic carbocycles. The van der Waals surface area contributed by atoms with Gasteiger partial charge in [-0.2, -0.15) is 0 Å². The van der Waals surface area contributed by atoms with Gasteiger partial charge < -0.3 is 14.8 Å². The minimum atomic E-state index is -0.519. The van der Waals surface area contributed by atoms with E-state index in [1.165, 1.54) is 25.3 Å². The highest BCUT2D eigenvalue weighted by atomic mass is 16.6. The van der Waals surface area contributed by atoms with Gasteiger partial charge in [0.1, 0.15) is 11.5 Å². The Morgan fingerprint density at radius 1 is 1.12 bits per heavy atom. The summed E-state index contributed by atoms with van der Waals surface area (Å²) in [5.74, 6) is 0.932. The summed E-state index contributed by atoms with van der Waals surface area (Å²) in [5, 5.41) is 13.5. The maximum Gasteiger partial charge on any atom is 0.271 e. The van der Waals surface area contributed by atoms with Gasteiger partial charge in [-0.05, 0) is 36.6 Å². The third-order valence-electron chi connectivity index (χ3n) is 3.77. The van der Waals surface area contributed by atoms with Crippen molar-refractivity contribution in [2.75, 3.05) is 19.5 Å². The molecule has 0 fully saturated rings. The van der Waals surface area contributed by atoms with E-state index in [-0.39, 0.29) is 23.7 Å². The Morgan fingerprint density at radius 3 is 2.40 bits per heavy atom. The number of nitrogens with zero attached hydrogens (tertiary/aromatic N) is 1. The van der Waals surface area contributed by atoms with Crippen LogP contribution in [0.5, 0.6) is 11.5 Å². The zero-order valence-electron chi connectivity index (χ0n) is 14.4. The fraction of sp³-hybridized carbons (Fsp3) is 0.278. The smallest absolute Gasteiger partial charge is 0.271 e. The molecule has 132 valence electrons. The summed E-state index contributed by atoms with van der Waals surface area (Å²) < 4.78 is 10.3. The van der Waals surface area contributed by atoms with Crippen LogP contribution in [0.2, 0.25) is 0 Å². The van der Waals surface area contributed by atoms with E-state index in [0.717, 1.165) is 16.9 Å². The summed E-state index contributed by atoms with van der Waals surface area (Å²) in [6.07, 6.45) is 0.797. The molecular formula is C18H20N2O5. The van der Waals surface area contributed by atoms with Crippen LogP contribution in [0.4, 0.5) is 11.4 Å². The first-order chi connectivity index (χ1) is 11.9. The Hall–Kier alpha value is -3.09. The molecule has 0 radical (unpaired) electrons. The van der Waals surface area contributed by atoms with E-state index in [1.54, 1.807) is 7.11 Å². The van der Waals surface area contributed by atoms with Crippen LogP contribution in [0, 0.1) is 17.0 Å². The zero-order chi connectivity index (χ0) is 18.4. The molecule has 0 heterocycles. The normalized spacial score (nSPS) is 10.2. The molecule has 1 N–H and O–H groups in total. The van der Waals surface area contributed by atoms with Crippen molar-refractivity contribution in [3.8, 4) is 11.5 Å². The third-order valence-corrected chi connectivity index (χ3v) is 3.77. The summed E-state index contributed by atoms with van der Waals surface area (Å²) in [5.41, 5.74) is 2.19. The number of hydrogen-bond acceptors (Lipinski definition) is 5. The van der Waals surface area contributed by atoms with Gasteiger partial charge in [0.25, 0.3) is 5.69 Å². The van der Waals surface area contributed by atoms with Crippen LogP contribution in [0.15, 0.2) is 36.4 Å². The zero-order valence-corrected chi connectivity index (χ0v) is 14.4. The fourth-order valence-electron chi connectivity index (χ4n) is 2.47. The van der Waals surface area contributed by atoms with Gasteiger partial charge in [-0.15, -0.1) is 0 Å². The molecule has 0 saturated heterocycles. The number of rotatable bonds is 7. The van der Waals surface area contributed by atoms with Gasteiger partial charge in [0, 0.05) is 18.6 Å². The molecular weight excluding hydrogens is 324 g/mol. The van der Waals surface area contributed by atoms with Gasteiger partial charge in [-0.25, -0.2) is 0 Å². The van der Waals surface area contributed by atoms with Crippen LogP contribution in [0.1, 0.15) is 17.5 Å². The number of aryl methyl sites for hydroxylation is 2. The Labute approximate surface area is 145 Å². The van der Waals surface area contributed by atoms with Gasteiger partial charge in [-0.3, -0.25) is 14.9 Å². The predicted octanol–water partition coefficient (Wildman–Crippen LogP) is 3.49. The SMILES string of the molecule is COc1ccc(CCC(=O)Nc2cc([N+](=O)[O-])ccc2OC)cc1C. The molecule has 0 aromatic heterocycles. The first kappa shape index (κ1) is 18.3. The van der Waals surface area contributed by atoms with E-state index in [4.69, 9.17) is 9.47 Å². The summed E-state index contributed by atoms with van der Waals surface area (Å²) in [6, 6.07) is 9.82. The van der Waals surface area contributed by atoms with Gasteiger partial charge in [0.05, 0.1) is 24.8 Å². The van der Waals surface area contributed by atoms with Crippen LogP contribution in [0.25, 0.3) is 0 Å². The molecule has 25 heavy (non-hydrogen) atoms. The number of ether oxygens (including phenoxy) is 2. The molecule has 2 rings (SSSR count). The number of carbonyl (C=O) groups excluding carboxylic acids is 1. The predicted molar refractivity (Wildman–Crippen MR) is 94.3 cm³/mol. The average molecular weight is 344 g/mol. The highest BCUT2D eigenvalue weighted by molar-refractivity contribution is 5.92. The molecule has 0 unspecified atom stereocenters. The van der Waals surface area contributed by atoms with Crippen molar-refractivity contribution in [3.05, 3.63) is 57.6 Å². The van der Waals surface area contributed by atoms with E-state index in [9.17, 15) is 14.9 Å². The lowest BCUT2D eigenvalue weighted by atomic mass is 10.1. The molecule has 7 heteroatoms. The van der Waals surface area contributed by atoms with Crippen molar-refractivity contribution < 1.29 is 19.2 Å². The monoisotopic (exact) mass is 344 g/mol. The number of hydrogen-bond donors (Lipinski definition) is 1. The fourth-order valence-corrected chi connectivity index (χ4v) is 2.47. The van der Waals surface area contributed by atoms with Gasteiger partial charge >= 0.3 is 0 Å². The highest BCUT2D eigenvalue weighted by Crippen LogP contribution is 2.29. The Morgan fingerprint density at radius 2 is 1.80 bits per heavy atom. The standard InChI is InChI=1S/C18H20N2O5/c1-12-10-13(4-7-16(12)24-2)5-9-18(21)19-15-11-14(20(22)23)6-8-17(15)25-3/h4,6-8,10-11H,5,9H2,1-3H3,(H,19,21). The van der Waals surface area contributed by atoms with Crippen molar-refractivity contribution in [1.82, 2.24) is 0 Å². The number of carbonyl (C=O) groups is 1. The number of non-ortho nitro benzene ring substituents is 1. The van der Waals surface area contributed by atoms with Crippen LogP contribution < -0.4 is 14.8 Å². The lowest BCUT2D eigenvalue weighted by Gasteiger charge is -2.10. The molecule has 2 aromatic carbocycles. The maximum atomic E-state index is 12.2. The lowest BCUT2D eigenvalue weighted by molar-refractivity contribution is -0.384. The molecule has 0 aliphatic heterocycles. The number of methoxy groups -OCH3 is 2. The van der Waals surface area contributed by atoms with E-state index in [1.807, 2.05) is 25.1 Å². The largest absolute Gasteiger partial charge is 0.496 e. The van der Waals surface area contributed by atoms with Gasteiger partial charge in [0.2, 0.25) is 5.91 Å². The Balaban J connectivity index is 2.04. The number of nitrogens with one attached hydrogen (secondary N) is 1. The quantitative estimate of drug-likeness (QED) is 0.613. The van der Waals surface area contributed by atoms with Crippen LogP contribution in [0.3, 0.4) is 0 Å². The van der Waals surface area contributed by atoms with E-state index >= 15 is 0 Å². The summed E-state index contributed by atoms with van der Waals surface area (Å²) in [6.45, 7) is 1.94. The van der Waals surface area contributed by atoms with Gasteiger partial charge in [-0.1, -0.05) is 12.1 Å². The minimum absolute atomic E-state index is 0.109. The van der Waals surface area contributed by atoms with Crippen LogP contribution in [-0.2, 0) is 11.2 Å². The first-order valence-electron chi connectivity index (χ1n) is 7.70. The minimum Gasteiger partial charge on any atom is -0.496 e. The van der Waals surface area contributed by atoms with Crippen LogP contribution >= 0.6 is 0 Å². The van der Waals surface area contributed by atoms with E-state index in [2.05, 4.69) is 5.32 Å². The van der Waals surface area contributed by atoms with Crippen molar-refractivity contribution in [1.29, 1.82) is 0 Å². The Bertz CT molecular complexity index is 789. The van der Waals surface area contributed by atoms with Crippen molar-refractivity contribution in [2.24, 2.45) is 0 Å². The third kappa shape index (κ3) is 4.69. The second kappa shape index (κ2) is 8.14. The highest BCUT2D eigenvalue weighted by Gasteiger charge is 2.14. The summed E-state index contributed by atoms with van der Waals surface area (Å²) in [7, 11) is 3.05.